The molecule has 0 fully saturated rings. The zero-order chi connectivity index (χ0) is 22.8. The largest absolute Gasteiger partial charge is 0.300 e. The van der Waals surface area contributed by atoms with Gasteiger partial charge >= 0.3 is 0 Å². The van der Waals surface area contributed by atoms with Crippen LogP contribution in [0.4, 0.5) is 5.13 Å². The van der Waals surface area contributed by atoms with Crippen LogP contribution in [0.25, 0.3) is 11.3 Å². The number of nitrogens with zero attached hydrogens (tertiary/aromatic N) is 2. The maximum atomic E-state index is 13.3. The zero-order valence-electron chi connectivity index (χ0n) is 18.3. The van der Waals surface area contributed by atoms with Crippen molar-refractivity contribution in [2.75, 3.05) is 5.32 Å². The summed E-state index contributed by atoms with van der Waals surface area (Å²) in [5, 5.41) is 5.16. The van der Waals surface area contributed by atoms with Gasteiger partial charge in [-0.05, 0) is 30.0 Å². The SMILES string of the molecule is CCc1ccc(-c2csc(NC(=O)C(C(C)CC)N3C(=O)c4ccccc4C3=O)n2)cc1. The van der Waals surface area contributed by atoms with Crippen molar-refractivity contribution in [2.45, 2.75) is 39.7 Å². The quantitative estimate of drug-likeness (QED) is 0.516. The molecule has 4 rings (SSSR count). The Hall–Kier alpha value is -3.32. The highest BCUT2D eigenvalue weighted by molar-refractivity contribution is 7.14. The third kappa shape index (κ3) is 3.96. The van der Waals surface area contributed by atoms with Crippen molar-refractivity contribution < 1.29 is 14.4 Å². The van der Waals surface area contributed by atoms with Gasteiger partial charge in [0.2, 0.25) is 5.91 Å². The Morgan fingerprint density at radius 1 is 1.03 bits per heavy atom. The third-order valence-corrected chi connectivity index (χ3v) is 6.71. The molecule has 164 valence electrons. The number of rotatable bonds is 7. The Balaban J connectivity index is 1.57. The third-order valence-electron chi connectivity index (χ3n) is 5.95. The molecule has 3 aromatic rings. The van der Waals surface area contributed by atoms with E-state index >= 15 is 0 Å². The molecule has 2 atom stereocenters. The minimum atomic E-state index is -0.913. The number of carbonyl (C=O) groups excluding carboxylic acids is 3. The summed E-state index contributed by atoms with van der Waals surface area (Å²) in [6.45, 7) is 5.91. The van der Waals surface area contributed by atoms with Crippen LogP contribution in [0, 0.1) is 5.92 Å². The van der Waals surface area contributed by atoms with Crippen molar-refractivity contribution in [1.29, 1.82) is 0 Å². The van der Waals surface area contributed by atoms with Crippen LogP contribution in [-0.4, -0.2) is 33.6 Å². The number of carbonyl (C=O) groups is 3. The summed E-state index contributed by atoms with van der Waals surface area (Å²) < 4.78 is 0. The van der Waals surface area contributed by atoms with Crippen LogP contribution in [0.2, 0.25) is 0 Å². The predicted molar refractivity (Wildman–Crippen MR) is 126 cm³/mol. The molecule has 0 saturated carbocycles. The molecule has 0 bridgehead atoms. The average Bonchev–Trinajstić information content (AvgIpc) is 3.38. The number of hydrogen-bond donors (Lipinski definition) is 1. The molecule has 1 aromatic heterocycles. The zero-order valence-corrected chi connectivity index (χ0v) is 19.1. The maximum absolute atomic E-state index is 13.3. The van der Waals surface area contributed by atoms with E-state index < -0.39 is 23.8 Å². The van der Waals surface area contributed by atoms with Gasteiger partial charge in [0.15, 0.2) is 5.13 Å². The van der Waals surface area contributed by atoms with Gasteiger partial charge in [0.25, 0.3) is 11.8 Å². The smallest absolute Gasteiger partial charge is 0.262 e. The van der Waals surface area contributed by atoms with E-state index in [4.69, 9.17) is 0 Å². The lowest BCUT2D eigenvalue weighted by atomic mass is 9.96. The fraction of sp³-hybridized carbons (Fsp3) is 0.280. The number of fused-ring (bicyclic) bond motifs is 1. The second-order valence-electron chi connectivity index (χ2n) is 7.93. The van der Waals surface area contributed by atoms with E-state index in [0.717, 1.165) is 22.6 Å². The molecule has 0 saturated heterocycles. The first kappa shape index (κ1) is 21.9. The van der Waals surface area contributed by atoms with E-state index in [2.05, 4.69) is 29.4 Å². The lowest BCUT2D eigenvalue weighted by molar-refractivity contribution is -0.121. The fourth-order valence-electron chi connectivity index (χ4n) is 3.87. The summed E-state index contributed by atoms with van der Waals surface area (Å²) in [5.74, 6) is -1.47. The first-order valence-corrected chi connectivity index (χ1v) is 11.6. The molecule has 1 aliphatic heterocycles. The first-order chi connectivity index (χ1) is 15.4. The summed E-state index contributed by atoms with van der Waals surface area (Å²) in [5.41, 5.74) is 3.66. The Kier molecular flexibility index (Phi) is 6.19. The lowest BCUT2D eigenvalue weighted by Gasteiger charge is -2.29. The molecule has 6 nitrogen and oxygen atoms in total. The van der Waals surface area contributed by atoms with Crippen molar-refractivity contribution >= 4 is 34.2 Å². The molecule has 3 amide bonds. The predicted octanol–water partition coefficient (Wildman–Crippen LogP) is 5.02. The van der Waals surface area contributed by atoms with Crippen LogP contribution in [0.15, 0.2) is 53.9 Å². The Morgan fingerprint density at radius 3 is 2.22 bits per heavy atom. The van der Waals surface area contributed by atoms with Gasteiger partial charge in [-0.3, -0.25) is 19.3 Å². The number of hydrogen-bond acceptors (Lipinski definition) is 5. The Bertz CT molecular complexity index is 1130. The van der Waals surface area contributed by atoms with Gasteiger partial charge in [-0.2, -0.15) is 0 Å². The van der Waals surface area contributed by atoms with E-state index in [1.165, 1.54) is 16.9 Å². The summed E-state index contributed by atoms with van der Waals surface area (Å²) in [6.07, 6.45) is 1.60. The average molecular weight is 448 g/mol. The number of imide groups is 1. The van der Waals surface area contributed by atoms with E-state index in [-0.39, 0.29) is 5.92 Å². The highest BCUT2D eigenvalue weighted by atomic mass is 32.1. The van der Waals surface area contributed by atoms with Gasteiger partial charge in [0, 0.05) is 10.9 Å². The number of thiazole rings is 1. The molecule has 0 spiro atoms. The number of aromatic nitrogens is 1. The molecule has 7 heteroatoms. The Labute approximate surface area is 191 Å². The van der Waals surface area contributed by atoms with Gasteiger partial charge in [-0.15, -0.1) is 11.3 Å². The number of nitrogens with one attached hydrogen (secondary N) is 1. The summed E-state index contributed by atoms with van der Waals surface area (Å²) in [7, 11) is 0. The minimum Gasteiger partial charge on any atom is -0.300 e. The van der Waals surface area contributed by atoms with Crippen LogP contribution >= 0.6 is 11.3 Å². The summed E-state index contributed by atoms with van der Waals surface area (Å²) in [4.78, 5) is 44.9. The highest BCUT2D eigenvalue weighted by Crippen LogP contribution is 2.30. The van der Waals surface area contributed by atoms with Crippen LogP contribution in [0.5, 0.6) is 0 Å². The standard InChI is InChI=1S/C25H25N3O3S/c1-4-15(3)21(28-23(30)18-8-6-7-9-19(18)24(28)31)22(29)27-25-26-20(14-32-25)17-12-10-16(5-2)11-13-17/h6-15,21H,4-5H2,1-3H3,(H,26,27,29). The van der Waals surface area contributed by atoms with Gasteiger partial charge in [-0.1, -0.05) is 63.6 Å². The Morgan fingerprint density at radius 2 is 1.66 bits per heavy atom. The number of anilines is 1. The second kappa shape index (κ2) is 9.04. The molecule has 1 aliphatic rings. The monoisotopic (exact) mass is 447 g/mol. The van der Waals surface area contributed by atoms with Crippen molar-refractivity contribution in [3.05, 3.63) is 70.6 Å². The van der Waals surface area contributed by atoms with Gasteiger partial charge < -0.3 is 5.32 Å². The van der Waals surface area contributed by atoms with E-state index in [1.54, 1.807) is 24.3 Å². The van der Waals surface area contributed by atoms with Crippen molar-refractivity contribution in [1.82, 2.24) is 9.88 Å². The molecular formula is C25H25N3O3S. The molecule has 2 heterocycles. The number of amides is 3. The first-order valence-electron chi connectivity index (χ1n) is 10.8. The van der Waals surface area contributed by atoms with Crippen LogP contribution in [0.3, 0.4) is 0 Å². The van der Waals surface area contributed by atoms with Crippen molar-refractivity contribution in [3.63, 3.8) is 0 Å². The summed E-state index contributed by atoms with van der Waals surface area (Å²) in [6, 6.07) is 13.9. The minimum absolute atomic E-state index is 0.210. The van der Waals surface area contributed by atoms with Crippen LogP contribution < -0.4 is 5.32 Å². The molecular weight excluding hydrogens is 422 g/mol. The van der Waals surface area contributed by atoms with Gasteiger partial charge in [-0.25, -0.2) is 4.98 Å². The van der Waals surface area contributed by atoms with Gasteiger partial charge in [0.05, 0.1) is 16.8 Å². The maximum Gasteiger partial charge on any atom is 0.262 e. The van der Waals surface area contributed by atoms with Gasteiger partial charge in [0.1, 0.15) is 6.04 Å². The molecule has 1 N–H and O–H groups in total. The molecule has 0 radical (unpaired) electrons. The highest BCUT2D eigenvalue weighted by Gasteiger charge is 2.44. The molecule has 2 unspecified atom stereocenters. The fourth-order valence-corrected chi connectivity index (χ4v) is 4.59. The summed E-state index contributed by atoms with van der Waals surface area (Å²) >= 11 is 1.32. The molecule has 32 heavy (non-hydrogen) atoms. The topological polar surface area (TPSA) is 79.4 Å². The van der Waals surface area contributed by atoms with E-state index in [0.29, 0.717) is 22.7 Å². The van der Waals surface area contributed by atoms with Crippen molar-refractivity contribution in [2.24, 2.45) is 5.92 Å². The lowest BCUT2D eigenvalue weighted by Crippen LogP contribution is -2.50. The second-order valence-corrected chi connectivity index (χ2v) is 8.79. The molecule has 0 aliphatic carbocycles. The number of benzene rings is 2. The van der Waals surface area contributed by atoms with E-state index in [1.807, 2.05) is 31.4 Å². The normalized spacial score (nSPS) is 14.9. The van der Waals surface area contributed by atoms with Crippen LogP contribution in [0.1, 0.15) is 53.5 Å². The number of aryl methyl sites for hydroxylation is 1. The van der Waals surface area contributed by atoms with Crippen LogP contribution in [-0.2, 0) is 11.2 Å². The molecule has 2 aromatic carbocycles. The van der Waals surface area contributed by atoms with E-state index in [9.17, 15) is 14.4 Å². The van der Waals surface area contributed by atoms with Crippen molar-refractivity contribution in [3.8, 4) is 11.3 Å².